The molecule has 1 N–H and O–H groups in total. The van der Waals surface area contributed by atoms with Crippen molar-refractivity contribution in [1.29, 1.82) is 0 Å². The van der Waals surface area contributed by atoms with E-state index in [1.54, 1.807) is 24.5 Å². The van der Waals surface area contributed by atoms with Gasteiger partial charge < -0.3 is 26.9 Å². The standard InChI is InChI=1S/C19H18FNO2.ClH/c20-18-9-3-1-7-16(18)14-23-19-10-4-2-6-15(19)12-21-13-17-8-5-11-22-17;/h1-11,21H,12-14H2;1H/p-1. The van der Waals surface area contributed by atoms with Crippen LogP contribution in [-0.4, -0.2) is 0 Å². The number of benzene rings is 2. The molecule has 0 radical (unpaired) electrons. The molecule has 0 aliphatic rings. The lowest BCUT2D eigenvalue weighted by Crippen LogP contribution is -3.00. The average molecular weight is 347 g/mol. The number of para-hydroxylation sites is 1. The quantitative estimate of drug-likeness (QED) is 0.700. The Bertz CT molecular complexity index is 747. The van der Waals surface area contributed by atoms with Crippen molar-refractivity contribution in [2.75, 3.05) is 0 Å². The molecule has 5 heteroatoms. The molecule has 0 spiro atoms. The molecule has 1 heterocycles. The third kappa shape index (κ3) is 4.85. The van der Waals surface area contributed by atoms with E-state index in [1.807, 2.05) is 36.4 Å². The van der Waals surface area contributed by atoms with Crippen molar-refractivity contribution in [3.8, 4) is 5.75 Å². The molecule has 3 rings (SSSR count). The summed E-state index contributed by atoms with van der Waals surface area (Å²) in [5, 5.41) is 3.31. The highest BCUT2D eigenvalue weighted by molar-refractivity contribution is 5.33. The zero-order chi connectivity index (χ0) is 15.9. The largest absolute Gasteiger partial charge is 1.00 e. The molecule has 3 nitrogen and oxygen atoms in total. The van der Waals surface area contributed by atoms with Crippen molar-refractivity contribution in [1.82, 2.24) is 5.32 Å². The molecular weight excluding hydrogens is 329 g/mol. The maximum Gasteiger partial charge on any atom is 0.129 e. The highest BCUT2D eigenvalue weighted by atomic mass is 35.5. The molecule has 0 amide bonds. The van der Waals surface area contributed by atoms with Gasteiger partial charge in [0.25, 0.3) is 0 Å². The van der Waals surface area contributed by atoms with Gasteiger partial charge in [-0.3, -0.25) is 0 Å². The predicted molar refractivity (Wildman–Crippen MR) is 86.4 cm³/mol. The number of hydrogen-bond donors (Lipinski definition) is 1. The van der Waals surface area contributed by atoms with Gasteiger partial charge in [0.15, 0.2) is 0 Å². The normalized spacial score (nSPS) is 10.2. The lowest BCUT2D eigenvalue weighted by Gasteiger charge is -2.12. The molecule has 24 heavy (non-hydrogen) atoms. The van der Waals surface area contributed by atoms with Gasteiger partial charge in [-0.15, -0.1) is 0 Å². The van der Waals surface area contributed by atoms with Crippen LogP contribution in [0.15, 0.2) is 71.3 Å². The van der Waals surface area contributed by atoms with Crippen LogP contribution in [0.4, 0.5) is 4.39 Å². The number of nitrogens with one attached hydrogen (secondary N) is 1. The molecule has 1 aromatic heterocycles. The van der Waals surface area contributed by atoms with E-state index >= 15 is 0 Å². The van der Waals surface area contributed by atoms with E-state index < -0.39 is 0 Å². The van der Waals surface area contributed by atoms with Crippen LogP contribution < -0.4 is 22.5 Å². The molecule has 0 saturated carbocycles. The van der Waals surface area contributed by atoms with Crippen molar-refractivity contribution in [3.05, 3.63) is 89.6 Å². The minimum atomic E-state index is -0.249. The third-order valence-electron chi connectivity index (χ3n) is 3.51. The Hall–Kier alpha value is -2.30. The van der Waals surface area contributed by atoms with Crippen molar-refractivity contribution >= 4 is 0 Å². The molecule has 2 aromatic carbocycles. The summed E-state index contributed by atoms with van der Waals surface area (Å²) >= 11 is 0. The number of ether oxygens (including phenoxy) is 1. The Kier molecular flexibility index (Phi) is 6.85. The van der Waals surface area contributed by atoms with Crippen LogP contribution in [0.25, 0.3) is 0 Å². The van der Waals surface area contributed by atoms with E-state index in [1.165, 1.54) is 6.07 Å². The van der Waals surface area contributed by atoms with Crippen LogP contribution in [0, 0.1) is 5.82 Å². The number of hydrogen-bond acceptors (Lipinski definition) is 3. The minimum absolute atomic E-state index is 0. The monoisotopic (exact) mass is 346 g/mol. The summed E-state index contributed by atoms with van der Waals surface area (Å²) in [5.74, 6) is 1.39. The zero-order valence-corrected chi connectivity index (χ0v) is 13.8. The second kappa shape index (κ2) is 9.11. The van der Waals surface area contributed by atoms with E-state index in [4.69, 9.17) is 9.15 Å². The summed E-state index contributed by atoms with van der Waals surface area (Å²) in [6.45, 7) is 1.50. The Labute approximate surface area is 146 Å². The highest BCUT2D eigenvalue weighted by Gasteiger charge is 2.06. The summed E-state index contributed by atoms with van der Waals surface area (Å²) < 4.78 is 24.7. The van der Waals surface area contributed by atoms with Crippen LogP contribution in [0.2, 0.25) is 0 Å². The summed E-state index contributed by atoms with van der Waals surface area (Å²) in [4.78, 5) is 0. The Balaban J connectivity index is 0.00000208. The van der Waals surface area contributed by atoms with Gasteiger partial charge >= 0.3 is 0 Å². The van der Waals surface area contributed by atoms with Gasteiger partial charge in [0.05, 0.1) is 12.8 Å². The fourth-order valence-electron chi connectivity index (χ4n) is 2.30. The fourth-order valence-corrected chi connectivity index (χ4v) is 2.30. The average Bonchev–Trinajstić information content (AvgIpc) is 3.09. The van der Waals surface area contributed by atoms with Crippen LogP contribution in [-0.2, 0) is 19.7 Å². The SMILES string of the molecule is Fc1ccccc1COc1ccccc1CNCc1ccco1.[Cl-]. The van der Waals surface area contributed by atoms with Gasteiger partial charge in [-0.1, -0.05) is 36.4 Å². The summed E-state index contributed by atoms with van der Waals surface area (Å²) in [7, 11) is 0. The first-order chi connectivity index (χ1) is 11.3. The molecule has 0 atom stereocenters. The summed E-state index contributed by atoms with van der Waals surface area (Å²) in [6.07, 6.45) is 1.66. The van der Waals surface area contributed by atoms with Gasteiger partial charge in [-0.2, -0.15) is 0 Å². The van der Waals surface area contributed by atoms with Gasteiger partial charge in [-0.05, 0) is 24.3 Å². The molecule has 0 unspecified atom stereocenters. The maximum absolute atomic E-state index is 13.6. The lowest BCUT2D eigenvalue weighted by atomic mass is 10.2. The van der Waals surface area contributed by atoms with Crippen LogP contribution in [0.5, 0.6) is 5.75 Å². The molecular formula is C19H18ClFNO2-. The van der Waals surface area contributed by atoms with Gasteiger partial charge in [0, 0.05) is 17.7 Å². The summed E-state index contributed by atoms with van der Waals surface area (Å²) in [5.41, 5.74) is 1.57. The number of halogens is 2. The van der Waals surface area contributed by atoms with E-state index in [-0.39, 0.29) is 24.8 Å². The molecule has 0 saturated heterocycles. The molecule has 0 bridgehead atoms. The number of furan rings is 1. The third-order valence-corrected chi connectivity index (χ3v) is 3.51. The van der Waals surface area contributed by atoms with Crippen molar-refractivity contribution in [2.24, 2.45) is 0 Å². The smallest absolute Gasteiger partial charge is 0.129 e. The molecule has 0 fully saturated rings. The van der Waals surface area contributed by atoms with E-state index in [9.17, 15) is 4.39 Å². The first-order valence-electron chi connectivity index (χ1n) is 7.50. The van der Waals surface area contributed by atoms with Crippen molar-refractivity contribution < 1.29 is 26.0 Å². The first-order valence-corrected chi connectivity index (χ1v) is 7.50. The van der Waals surface area contributed by atoms with E-state index in [2.05, 4.69) is 5.32 Å². The zero-order valence-electron chi connectivity index (χ0n) is 13.0. The lowest BCUT2D eigenvalue weighted by molar-refractivity contribution is -0.00000612. The van der Waals surface area contributed by atoms with E-state index in [0.29, 0.717) is 18.7 Å². The molecule has 3 aromatic rings. The summed E-state index contributed by atoms with van der Waals surface area (Å²) in [6, 6.07) is 18.2. The minimum Gasteiger partial charge on any atom is -1.00 e. The Morgan fingerprint density at radius 1 is 0.875 bits per heavy atom. The molecule has 126 valence electrons. The van der Waals surface area contributed by atoms with Crippen molar-refractivity contribution in [3.63, 3.8) is 0 Å². The number of rotatable bonds is 7. The van der Waals surface area contributed by atoms with Gasteiger partial charge in [-0.25, -0.2) is 4.39 Å². The van der Waals surface area contributed by atoms with Crippen LogP contribution in [0.3, 0.4) is 0 Å². The van der Waals surface area contributed by atoms with Gasteiger partial charge in [0.1, 0.15) is 23.9 Å². The van der Waals surface area contributed by atoms with Crippen LogP contribution >= 0.6 is 0 Å². The first kappa shape index (κ1) is 18.0. The Morgan fingerprint density at radius 2 is 1.62 bits per heavy atom. The predicted octanol–water partition coefficient (Wildman–Crippen LogP) is 1.29. The fraction of sp³-hybridized carbons (Fsp3) is 0.158. The topological polar surface area (TPSA) is 34.4 Å². The molecule has 0 aliphatic carbocycles. The molecule has 0 aliphatic heterocycles. The van der Waals surface area contributed by atoms with E-state index in [0.717, 1.165) is 17.1 Å². The second-order valence-electron chi connectivity index (χ2n) is 5.17. The Morgan fingerprint density at radius 3 is 2.38 bits per heavy atom. The van der Waals surface area contributed by atoms with Gasteiger partial charge in [0.2, 0.25) is 0 Å². The second-order valence-corrected chi connectivity index (χ2v) is 5.17. The van der Waals surface area contributed by atoms with Crippen molar-refractivity contribution in [2.45, 2.75) is 19.7 Å². The maximum atomic E-state index is 13.6. The van der Waals surface area contributed by atoms with Crippen LogP contribution in [0.1, 0.15) is 16.9 Å². The highest BCUT2D eigenvalue weighted by Crippen LogP contribution is 2.20.